The highest BCUT2D eigenvalue weighted by molar-refractivity contribution is 5.29. The van der Waals surface area contributed by atoms with Gasteiger partial charge in [-0.25, -0.2) is 0 Å². The predicted molar refractivity (Wildman–Crippen MR) is 87.3 cm³/mol. The van der Waals surface area contributed by atoms with E-state index in [1.165, 1.54) is 44.1 Å². The lowest BCUT2D eigenvalue weighted by Gasteiger charge is -2.34. The Labute approximate surface area is 121 Å². The number of hydrogen-bond acceptors (Lipinski definition) is 0. The van der Waals surface area contributed by atoms with E-state index in [4.69, 9.17) is 0 Å². The van der Waals surface area contributed by atoms with E-state index in [0.29, 0.717) is 11.3 Å². The zero-order valence-electron chi connectivity index (χ0n) is 14.1. The standard InChI is InChI=1S/C19H34/c1-8-15(6)13-17(9-2)18-11-12-19(10-3,14(4)5)16(18)7/h15-16H,4,8-13H2,1-3,5-7H3. The number of hydrogen-bond donors (Lipinski definition) is 0. The fraction of sp³-hybridized carbons (Fsp3) is 0.789. The van der Waals surface area contributed by atoms with E-state index in [2.05, 4.69) is 48.1 Å². The van der Waals surface area contributed by atoms with E-state index < -0.39 is 0 Å². The molecule has 19 heavy (non-hydrogen) atoms. The molecule has 1 saturated carbocycles. The highest BCUT2D eigenvalue weighted by atomic mass is 14.5. The maximum atomic E-state index is 4.30. The lowest BCUT2D eigenvalue weighted by Crippen LogP contribution is -2.24. The van der Waals surface area contributed by atoms with Crippen molar-refractivity contribution in [2.24, 2.45) is 17.3 Å². The first-order valence-corrected chi connectivity index (χ1v) is 8.29. The molecule has 0 nitrogen and oxygen atoms in total. The Morgan fingerprint density at radius 2 is 2.00 bits per heavy atom. The minimum absolute atomic E-state index is 0.380. The van der Waals surface area contributed by atoms with Crippen molar-refractivity contribution in [2.75, 3.05) is 0 Å². The van der Waals surface area contributed by atoms with Gasteiger partial charge in [0.15, 0.2) is 0 Å². The molecule has 3 unspecified atom stereocenters. The first-order valence-electron chi connectivity index (χ1n) is 8.29. The van der Waals surface area contributed by atoms with Crippen LogP contribution >= 0.6 is 0 Å². The fourth-order valence-electron chi connectivity index (χ4n) is 4.04. The Hall–Kier alpha value is -0.520. The Morgan fingerprint density at radius 1 is 1.37 bits per heavy atom. The molecule has 1 fully saturated rings. The second kappa shape index (κ2) is 6.77. The monoisotopic (exact) mass is 262 g/mol. The van der Waals surface area contributed by atoms with Crippen LogP contribution in [0.1, 0.15) is 80.1 Å². The molecule has 110 valence electrons. The average molecular weight is 262 g/mol. The molecule has 1 aliphatic carbocycles. The van der Waals surface area contributed by atoms with Crippen LogP contribution in [0.25, 0.3) is 0 Å². The molecule has 3 atom stereocenters. The summed E-state index contributed by atoms with van der Waals surface area (Å²) >= 11 is 0. The van der Waals surface area contributed by atoms with Crippen LogP contribution in [-0.2, 0) is 0 Å². The van der Waals surface area contributed by atoms with Gasteiger partial charge in [-0.05, 0) is 56.3 Å². The van der Waals surface area contributed by atoms with Crippen molar-refractivity contribution in [3.05, 3.63) is 23.3 Å². The minimum Gasteiger partial charge on any atom is -0.0996 e. The lowest BCUT2D eigenvalue weighted by atomic mass is 9.70. The van der Waals surface area contributed by atoms with Crippen molar-refractivity contribution in [2.45, 2.75) is 80.1 Å². The number of rotatable bonds is 6. The molecular weight excluding hydrogens is 228 g/mol. The van der Waals surface area contributed by atoms with Gasteiger partial charge >= 0.3 is 0 Å². The van der Waals surface area contributed by atoms with Gasteiger partial charge in [0.2, 0.25) is 0 Å². The Morgan fingerprint density at radius 3 is 2.37 bits per heavy atom. The van der Waals surface area contributed by atoms with Gasteiger partial charge in [0, 0.05) is 0 Å². The molecule has 0 aromatic rings. The van der Waals surface area contributed by atoms with E-state index in [9.17, 15) is 0 Å². The van der Waals surface area contributed by atoms with Crippen molar-refractivity contribution in [1.29, 1.82) is 0 Å². The fourth-order valence-corrected chi connectivity index (χ4v) is 4.04. The molecule has 1 aliphatic rings. The van der Waals surface area contributed by atoms with E-state index >= 15 is 0 Å². The van der Waals surface area contributed by atoms with Crippen LogP contribution in [0.15, 0.2) is 23.3 Å². The van der Waals surface area contributed by atoms with Gasteiger partial charge in [0.25, 0.3) is 0 Å². The van der Waals surface area contributed by atoms with Gasteiger partial charge in [-0.15, -0.1) is 0 Å². The lowest BCUT2D eigenvalue weighted by molar-refractivity contribution is 0.280. The molecule has 0 amide bonds. The van der Waals surface area contributed by atoms with Crippen molar-refractivity contribution in [3.8, 4) is 0 Å². The molecular formula is C19H34. The largest absolute Gasteiger partial charge is 0.0996 e. The zero-order valence-corrected chi connectivity index (χ0v) is 14.1. The van der Waals surface area contributed by atoms with Crippen molar-refractivity contribution in [1.82, 2.24) is 0 Å². The predicted octanol–water partition coefficient (Wildman–Crippen LogP) is 6.53. The Kier molecular flexibility index (Phi) is 5.89. The summed E-state index contributed by atoms with van der Waals surface area (Å²) in [7, 11) is 0. The van der Waals surface area contributed by atoms with Crippen molar-refractivity contribution in [3.63, 3.8) is 0 Å². The Bertz CT molecular complexity index is 347. The van der Waals surface area contributed by atoms with Crippen LogP contribution in [0.4, 0.5) is 0 Å². The second-order valence-electron chi connectivity index (χ2n) is 6.71. The van der Waals surface area contributed by atoms with Crippen LogP contribution in [0.2, 0.25) is 0 Å². The summed E-state index contributed by atoms with van der Waals surface area (Å²) < 4.78 is 0. The summed E-state index contributed by atoms with van der Waals surface area (Å²) in [4.78, 5) is 0. The van der Waals surface area contributed by atoms with Crippen LogP contribution < -0.4 is 0 Å². The van der Waals surface area contributed by atoms with Crippen LogP contribution in [0, 0.1) is 17.3 Å². The van der Waals surface area contributed by atoms with E-state index in [1.807, 2.05) is 0 Å². The Balaban J connectivity index is 3.04. The topological polar surface area (TPSA) is 0 Å². The maximum Gasteiger partial charge on any atom is -0.00303 e. The van der Waals surface area contributed by atoms with Crippen molar-refractivity contribution < 1.29 is 0 Å². The average Bonchev–Trinajstić information content (AvgIpc) is 2.74. The van der Waals surface area contributed by atoms with Gasteiger partial charge in [-0.3, -0.25) is 0 Å². The van der Waals surface area contributed by atoms with Gasteiger partial charge in [-0.2, -0.15) is 0 Å². The smallest absolute Gasteiger partial charge is 0.00303 e. The molecule has 0 radical (unpaired) electrons. The molecule has 0 spiro atoms. The van der Waals surface area contributed by atoms with Gasteiger partial charge in [0.1, 0.15) is 0 Å². The molecule has 1 rings (SSSR count). The highest BCUT2D eigenvalue weighted by Crippen LogP contribution is 2.54. The van der Waals surface area contributed by atoms with Gasteiger partial charge < -0.3 is 0 Å². The van der Waals surface area contributed by atoms with Crippen LogP contribution in [0.5, 0.6) is 0 Å². The zero-order chi connectivity index (χ0) is 14.6. The SMILES string of the molecule is C=C(C)C1(CC)CCC(=C(CC)CC(C)CC)C1C. The third-order valence-corrected chi connectivity index (χ3v) is 5.85. The van der Waals surface area contributed by atoms with E-state index in [1.54, 1.807) is 11.1 Å². The molecule has 0 bridgehead atoms. The molecule has 0 heterocycles. The normalized spacial score (nSPS) is 31.4. The first kappa shape index (κ1) is 16.5. The van der Waals surface area contributed by atoms with Crippen LogP contribution in [0.3, 0.4) is 0 Å². The van der Waals surface area contributed by atoms with E-state index in [0.717, 1.165) is 5.92 Å². The summed E-state index contributed by atoms with van der Waals surface area (Å²) in [6.07, 6.45) is 7.71. The summed E-state index contributed by atoms with van der Waals surface area (Å²) in [5, 5.41) is 0. The third kappa shape index (κ3) is 3.15. The molecule has 0 heteroatoms. The van der Waals surface area contributed by atoms with Gasteiger partial charge in [0.05, 0.1) is 0 Å². The van der Waals surface area contributed by atoms with Gasteiger partial charge in [-0.1, -0.05) is 64.3 Å². The minimum atomic E-state index is 0.380. The quantitative estimate of drug-likeness (QED) is 0.477. The molecule has 0 aromatic heterocycles. The molecule has 0 aromatic carbocycles. The maximum absolute atomic E-state index is 4.30. The highest BCUT2D eigenvalue weighted by Gasteiger charge is 2.42. The van der Waals surface area contributed by atoms with Crippen molar-refractivity contribution >= 4 is 0 Å². The molecule has 0 aliphatic heterocycles. The summed E-state index contributed by atoms with van der Waals surface area (Å²) in [5.41, 5.74) is 5.30. The summed E-state index contributed by atoms with van der Waals surface area (Å²) in [6, 6.07) is 0. The second-order valence-corrected chi connectivity index (χ2v) is 6.71. The third-order valence-electron chi connectivity index (χ3n) is 5.85. The van der Waals surface area contributed by atoms with E-state index in [-0.39, 0.29) is 0 Å². The summed E-state index contributed by atoms with van der Waals surface area (Å²) in [5.74, 6) is 1.53. The summed E-state index contributed by atoms with van der Waals surface area (Å²) in [6.45, 7) is 18.4. The molecule has 0 saturated heterocycles. The number of allylic oxidation sites excluding steroid dienone is 3. The molecule has 0 N–H and O–H groups in total. The first-order chi connectivity index (χ1) is 8.92. The van der Waals surface area contributed by atoms with Crippen LogP contribution in [-0.4, -0.2) is 0 Å².